The van der Waals surface area contributed by atoms with Crippen molar-refractivity contribution in [1.29, 1.82) is 0 Å². The van der Waals surface area contributed by atoms with Crippen molar-refractivity contribution < 1.29 is 9.59 Å². The van der Waals surface area contributed by atoms with E-state index in [9.17, 15) is 9.59 Å². The van der Waals surface area contributed by atoms with Crippen molar-refractivity contribution in [2.24, 2.45) is 0 Å². The molecular weight excluding hydrogens is 178 g/mol. The molecule has 4 heteroatoms. The van der Waals surface area contributed by atoms with Crippen LogP contribution in [0, 0.1) is 0 Å². The first-order valence-electron chi connectivity index (χ1n) is 3.26. The Labute approximate surface area is 74.4 Å². The summed E-state index contributed by atoms with van der Waals surface area (Å²) >= 11 is 4.98. The van der Waals surface area contributed by atoms with Crippen LogP contribution >= 0.6 is 11.8 Å². The number of halogens is 1. The van der Waals surface area contributed by atoms with Crippen LogP contribution in [0.2, 0.25) is 0 Å². The first-order valence-corrected chi connectivity index (χ1v) is 3.64. The first-order chi connectivity index (χ1) is 5.75. The molecule has 1 N–H and O–H groups in total. The van der Waals surface area contributed by atoms with Gasteiger partial charge in [-0.15, -0.1) is 0 Å². The van der Waals surface area contributed by atoms with E-state index in [1.807, 2.05) is 0 Å². The summed E-state index contributed by atoms with van der Waals surface area (Å²) in [6, 6.07) is 8.21. The van der Waals surface area contributed by atoms with Crippen LogP contribution in [0.25, 0.3) is 0 Å². The van der Waals surface area contributed by atoms with Gasteiger partial charge in [-0.25, -0.2) is 0 Å². The number of ketones is 1. The van der Waals surface area contributed by atoms with Crippen molar-refractivity contribution in [2.45, 2.75) is 0 Å². The Morgan fingerprint density at radius 3 is 2.25 bits per heavy atom. The molecule has 62 valence electrons. The quantitative estimate of drug-likeness (QED) is 0.425. The Hall–Kier alpha value is -1.35. The summed E-state index contributed by atoms with van der Waals surface area (Å²) in [5, 5.41) is 0. The molecule has 0 atom stereocenters. The van der Waals surface area contributed by atoms with Gasteiger partial charge in [0.25, 0.3) is 5.78 Å². The number of hydrogen-bond donors (Lipinski definition) is 1. The standard InChI is InChI=1S/C8H6ClNO2/c9-10-8(12)7(11)6-4-2-1-3-5-6/h1-5H,(H,10,12). The second kappa shape index (κ2) is 3.88. The van der Waals surface area contributed by atoms with Crippen molar-refractivity contribution in [3.8, 4) is 0 Å². The smallest absolute Gasteiger partial charge is 0.283 e. The third kappa shape index (κ3) is 1.83. The van der Waals surface area contributed by atoms with E-state index in [4.69, 9.17) is 11.8 Å². The fraction of sp³-hybridized carbons (Fsp3) is 0. The summed E-state index contributed by atoms with van der Waals surface area (Å²) in [5.41, 5.74) is 0.329. The molecule has 12 heavy (non-hydrogen) atoms. The Morgan fingerprint density at radius 2 is 1.75 bits per heavy atom. The normalized spacial score (nSPS) is 9.08. The van der Waals surface area contributed by atoms with Gasteiger partial charge in [-0.3, -0.25) is 14.4 Å². The van der Waals surface area contributed by atoms with Crippen molar-refractivity contribution >= 4 is 23.5 Å². The van der Waals surface area contributed by atoms with Gasteiger partial charge >= 0.3 is 5.91 Å². The molecule has 0 aliphatic rings. The van der Waals surface area contributed by atoms with Crippen LogP contribution in [0.5, 0.6) is 0 Å². The fourth-order valence-electron chi connectivity index (χ4n) is 0.764. The Kier molecular flexibility index (Phi) is 2.82. The third-order valence-electron chi connectivity index (χ3n) is 1.33. The van der Waals surface area contributed by atoms with E-state index >= 15 is 0 Å². The summed E-state index contributed by atoms with van der Waals surface area (Å²) in [4.78, 5) is 23.5. The molecule has 1 aromatic carbocycles. The molecule has 3 nitrogen and oxygen atoms in total. The number of carbonyl (C=O) groups excluding carboxylic acids is 2. The Bertz CT molecular complexity index is 297. The highest BCUT2D eigenvalue weighted by Gasteiger charge is 2.13. The van der Waals surface area contributed by atoms with Crippen LogP contribution in [-0.2, 0) is 4.79 Å². The number of rotatable bonds is 2. The molecule has 0 radical (unpaired) electrons. The average Bonchev–Trinajstić information content (AvgIpc) is 2.17. The van der Waals surface area contributed by atoms with Crippen molar-refractivity contribution in [2.75, 3.05) is 0 Å². The van der Waals surface area contributed by atoms with Crippen LogP contribution in [0.15, 0.2) is 30.3 Å². The number of Topliss-reactive ketones (excluding diaryl/α,β-unsaturated/α-hetero) is 1. The predicted molar refractivity (Wildman–Crippen MR) is 44.8 cm³/mol. The van der Waals surface area contributed by atoms with Gasteiger partial charge in [-0.05, 0) is 0 Å². The highest BCUT2D eigenvalue weighted by molar-refractivity contribution is 6.48. The largest absolute Gasteiger partial charge is 0.306 e. The number of carbonyl (C=O) groups is 2. The maximum Gasteiger partial charge on any atom is 0.306 e. The molecule has 1 amide bonds. The molecule has 1 rings (SSSR count). The monoisotopic (exact) mass is 183 g/mol. The minimum absolute atomic E-state index is 0.329. The summed E-state index contributed by atoms with van der Waals surface area (Å²) in [7, 11) is 0. The molecule has 0 fully saturated rings. The average molecular weight is 184 g/mol. The van der Waals surface area contributed by atoms with E-state index in [-0.39, 0.29) is 0 Å². The second-order valence-electron chi connectivity index (χ2n) is 2.12. The summed E-state index contributed by atoms with van der Waals surface area (Å²) in [6.07, 6.45) is 0. The molecule has 0 bridgehead atoms. The van der Waals surface area contributed by atoms with Crippen LogP contribution in [0.1, 0.15) is 10.4 Å². The Balaban J connectivity index is 2.86. The second-order valence-corrected chi connectivity index (χ2v) is 2.31. The lowest BCUT2D eigenvalue weighted by Crippen LogP contribution is -2.23. The molecule has 0 aliphatic heterocycles. The molecule has 1 aromatic rings. The van der Waals surface area contributed by atoms with Gasteiger partial charge < -0.3 is 0 Å². The molecular formula is C8H6ClNO2. The zero-order chi connectivity index (χ0) is 8.97. The van der Waals surface area contributed by atoms with Crippen LogP contribution in [0.3, 0.4) is 0 Å². The first kappa shape index (κ1) is 8.74. The zero-order valence-corrected chi connectivity index (χ0v) is 6.84. The van der Waals surface area contributed by atoms with Crippen molar-refractivity contribution in [3.63, 3.8) is 0 Å². The van der Waals surface area contributed by atoms with Gasteiger partial charge in [0.05, 0.1) is 0 Å². The van der Waals surface area contributed by atoms with E-state index in [1.165, 1.54) is 0 Å². The molecule has 0 aliphatic carbocycles. The molecule has 0 saturated heterocycles. The van der Waals surface area contributed by atoms with Gasteiger partial charge in [-0.2, -0.15) is 0 Å². The van der Waals surface area contributed by atoms with Gasteiger partial charge in [0, 0.05) is 17.3 Å². The van der Waals surface area contributed by atoms with Gasteiger partial charge in [0.15, 0.2) is 0 Å². The van der Waals surface area contributed by atoms with Crippen LogP contribution < -0.4 is 4.84 Å². The lowest BCUT2D eigenvalue weighted by molar-refractivity contribution is -0.115. The highest BCUT2D eigenvalue weighted by Crippen LogP contribution is 1.99. The predicted octanol–water partition coefficient (Wildman–Crippen LogP) is 1.14. The highest BCUT2D eigenvalue weighted by atomic mass is 35.5. The number of nitrogens with one attached hydrogen (secondary N) is 1. The van der Waals surface area contributed by atoms with Crippen molar-refractivity contribution in [3.05, 3.63) is 35.9 Å². The maximum absolute atomic E-state index is 11.1. The van der Waals surface area contributed by atoms with Crippen LogP contribution in [-0.4, -0.2) is 11.7 Å². The molecule has 0 unspecified atom stereocenters. The lowest BCUT2D eigenvalue weighted by atomic mass is 10.1. The topological polar surface area (TPSA) is 46.2 Å². The number of benzene rings is 1. The number of amides is 1. The van der Waals surface area contributed by atoms with E-state index < -0.39 is 11.7 Å². The lowest BCUT2D eigenvalue weighted by Gasteiger charge is -1.95. The van der Waals surface area contributed by atoms with Crippen LogP contribution in [0.4, 0.5) is 0 Å². The van der Waals surface area contributed by atoms with Crippen molar-refractivity contribution in [1.82, 2.24) is 4.84 Å². The van der Waals surface area contributed by atoms with Gasteiger partial charge in [-0.1, -0.05) is 30.3 Å². The summed E-state index contributed by atoms with van der Waals surface area (Å²) in [5.74, 6) is -1.45. The fourth-order valence-corrected chi connectivity index (χ4v) is 0.849. The minimum Gasteiger partial charge on any atom is -0.283 e. The van der Waals surface area contributed by atoms with E-state index in [0.29, 0.717) is 5.56 Å². The molecule has 0 heterocycles. The zero-order valence-electron chi connectivity index (χ0n) is 6.08. The molecule has 0 aromatic heterocycles. The summed E-state index contributed by atoms with van der Waals surface area (Å²) in [6.45, 7) is 0. The SMILES string of the molecule is O=C(NCl)C(=O)c1ccccc1. The van der Waals surface area contributed by atoms with E-state index in [1.54, 1.807) is 35.2 Å². The third-order valence-corrected chi connectivity index (χ3v) is 1.50. The maximum atomic E-state index is 11.1. The molecule has 0 saturated carbocycles. The van der Waals surface area contributed by atoms with E-state index in [0.717, 1.165) is 0 Å². The minimum atomic E-state index is -0.817. The van der Waals surface area contributed by atoms with Gasteiger partial charge in [0.1, 0.15) is 0 Å². The Morgan fingerprint density at radius 1 is 1.17 bits per heavy atom. The number of hydrogen-bond acceptors (Lipinski definition) is 2. The summed E-state index contributed by atoms with van der Waals surface area (Å²) < 4.78 is 0. The molecule has 0 spiro atoms. The van der Waals surface area contributed by atoms with Gasteiger partial charge in [0.2, 0.25) is 0 Å². The van der Waals surface area contributed by atoms with E-state index in [2.05, 4.69) is 0 Å².